The van der Waals surface area contributed by atoms with Crippen molar-refractivity contribution in [1.29, 1.82) is 0 Å². The van der Waals surface area contributed by atoms with Crippen LogP contribution in [0.3, 0.4) is 0 Å². The highest BCUT2D eigenvalue weighted by atomic mass is 16.5. The van der Waals surface area contributed by atoms with Gasteiger partial charge in [-0.1, -0.05) is 27.7 Å². The van der Waals surface area contributed by atoms with Crippen molar-refractivity contribution in [1.82, 2.24) is 10.2 Å². The summed E-state index contributed by atoms with van der Waals surface area (Å²) in [6, 6.07) is 0.381. The first-order chi connectivity index (χ1) is 12.1. The monoisotopic (exact) mass is 362 g/mol. The number of carbonyl (C=O) groups is 2. The Morgan fingerprint density at radius 3 is 2.42 bits per heavy atom. The van der Waals surface area contributed by atoms with E-state index in [4.69, 9.17) is 4.74 Å². The zero-order chi connectivity index (χ0) is 18.9. The van der Waals surface area contributed by atoms with E-state index in [1.165, 1.54) is 0 Å². The fourth-order valence-electron chi connectivity index (χ4n) is 5.33. The average molecular weight is 363 g/mol. The fraction of sp³-hybridized carbons (Fsp3) is 0.905. The van der Waals surface area contributed by atoms with Crippen LogP contribution in [0.1, 0.15) is 59.8 Å². The summed E-state index contributed by atoms with van der Waals surface area (Å²) in [7, 11) is 1.67. The maximum Gasteiger partial charge on any atom is 0.231 e. The van der Waals surface area contributed by atoms with Crippen molar-refractivity contribution in [2.45, 2.75) is 71.9 Å². The van der Waals surface area contributed by atoms with Crippen LogP contribution in [0.5, 0.6) is 0 Å². The summed E-state index contributed by atoms with van der Waals surface area (Å²) in [6.07, 6.45) is 4.88. The number of nitrogens with one attached hydrogen (secondary N) is 1. The summed E-state index contributed by atoms with van der Waals surface area (Å²) in [5.41, 5.74) is 0.236. The van der Waals surface area contributed by atoms with Gasteiger partial charge >= 0.3 is 0 Å². The van der Waals surface area contributed by atoms with Gasteiger partial charge in [0.15, 0.2) is 0 Å². The molecule has 2 amide bonds. The third-order valence-electron chi connectivity index (χ3n) is 8.17. The molecule has 0 aromatic carbocycles. The third kappa shape index (κ3) is 2.61. The van der Waals surface area contributed by atoms with E-state index in [0.29, 0.717) is 12.5 Å². The summed E-state index contributed by atoms with van der Waals surface area (Å²) in [5.74, 6) is 1.05. The number of amides is 2. The Morgan fingerprint density at radius 1 is 1.23 bits per heavy atom. The number of ether oxygens (including phenoxy) is 1. The predicted octanol–water partition coefficient (Wildman–Crippen LogP) is 2.59. The smallest absolute Gasteiger partial charge is 0.231 e. The van der Waals surface area contributed by atoms with Gasteiger partial charge in [-0.2, -0.15) is 0 Å². The van der Waals surface area contributed by atoms with Crippen LogP contribution in [0.2, 0.25) is 0 Å². The van der Waals surface area contributed by atoms with Gasteiger partial charge in [-0.25, -0.2) is 0 Å². The highest BCUT2D eigenvalue weighted by molar-refractivity contribution is 5.87. The lowest BCUT2D eigenvalue weighted by atomic mass is 9.52. The SMILES string of the molecule is COCC1(C(=O)N2C[C@@H]3C[C@H]2[C@@H]3NC(=O)C2CC(C)(C(C)(C)C)C2)CC1. The van der Waals surface area contributed by atoms with E-state index >= 15 is 0 Å². The third-order valence-corrected chi connectivity index (χ3v) is 8.17. The lowest BCUT2D eigenvalue weighted by molar-refractivity contribution is -0.142. The van der Waals surface area contributed by atoms with Gasteiger partial charge in [0.05, 0.1) is 24.1 Å². The molecule has 0 aromatic rings. The zero-order valence-electron chi connectivity index (χ0n) is 16.9. The molecule has 0 spiro atoms. The Labute approximate surface area is 157 Å². The Bertz CT molecular complexity index is 613. The number of methoxy groups -OCH3 is 1. The number of fused-ring (bicyclic) bond motifs is 1. The molecule has 2 bridgehead atoms. The van der Waals surface area contributed by atoms with Crippen molar-refractivity contribution in [3.63, 3.8) is 0 Å². The molecule has 5 nitrogen and oxygen atoms in total. The van der Waals surface area contributed by atoms with Crippen LogP contribution >= 0.6 is 0 Å². The van der Waals surface area contributed by atoms with E-state index in [1.807, 2.05) is 4.90 Å². The predicted molar refractivity (Wildman–Crippen MR) is 99.4 cm³/mol. The van der Waals surface area contributed by atoms with Crippen LogP contribution in [0.4, 0.5) is 0 Å². The standard InChI is InChI=1S/C21H34N2O3/c1-19(2,3)20(4)9-14(10-20)17(24)22-16-13-8-15(16)23(11-13)18(25)21(6-7-21)12-26-5/h13-16H,6-12H2,1-5H3,(H,22,24)/t13-,14?,15-,16+,20?/m0/s1. The van der Waals surface area contributed by atoms with Crippen molar-refractivity contribution in [2.24, 2.45) is 28.1 Å². The molecule has 0 aromatic heterocycles. The molecule has 5 heteroatoms. The maximum absolute atomic E-state index is 12.9. The number of rotatable bonds is 5. The molecule has 0 unspecified atom stereocenters. The molecule has 26 heavy (non-hydrogen) atoms. The maximum atomic E-state index is 12.9. The Kier molecular flexibility index (Phi) is 4.00. The average Bonchev–Trinajstić information content (AvgIpc) is 3.04. The van der Waals surface area contributed by atoms with E-state index in [1.54, 1.807) is 7.11 Å². The summed E-state index contributed by atoms with van der Waals surface area (Å²) in [5, 5.41) is 3.29. The largest absolute Gasteiger partial charge is 0.384 e. The van der Waals surface area contributed by atoms with Gasteiger partial charge in [0.25, 0.3) is 0 Å². The van der Waals surface area contributed by atoms with E-state index in [0.717, 1.165) is 38.6 Å². The minimum Gasteiger partial charge on any atom is -0.384 e. The van der Waals surface area contributed by atoms with Crippen LogP contribution in [-0.2, 0) is 14.3 Å². The Hall–Kier alpha value is -1.10. The molecule has 0 radical (unpaired) electrons. The molecule has 1 N–H and O–H groups in total. The van der Waals surface area contributed by atoms with E-state index < -0.39 is 0 Å². The van der Waals surface area contributed by atoms with Gasteiger partial charge in [-0.15, -0.1) is 0 Å². The molecule has 5 aliphatic rings. The second-order valence-electron chi connectivity index (χ2n) is 10.7. The number of hydrogen-bond acceptors (Lipinski definition) is 3. The molecule has 2 heterocycles. The van der Waals surface area contributed by atoms with Gasteiger partial charge in [0.1, 0.15) is 0 Å². The van der Waals surface area contributed by atoms with Crippen LogP contribution in [0, 0.1) is 28.1 Å². The van der Waals surface area contributed by atoms with E-state index in [2.05, 4.69) is 33.0 Å². The highest BCUT2D eigenvalue weighted by Gasteiger charge is 2.61. The molecule has 3 aliphatic carbocycles. The first-order valence-electron chi connectivity index (χ1n) is 10.2. The van der Waals surface area contributed by atoms with Gasteiger partial charge in [-0.3, -0.25) is 9.59 Å². The topological polar surface area (TPSA) is 58.6 Å². The highest BCUT2D eigenvalue weighted by Crippen LogP contribution is 2.56. The minimum absolute atomic E-state index is 0.145. The Morgan fingerprint density at radius 2 is 1.88 bits per heavy atom. The molecule has 5 rings (SSSR count). The summed E-state index contributed by atoms with van der Waals surface area (Å²) < 4.78 is 5.27. The van der Waals surface area contributed by atoms with E-state index in [-0.39, 0.29) is 46.1 Å². The molecular formula is C21H34N2O3. The Balaban J connectivity index is 1.32. The van der Waals surface area contributed by atoms with E-state index in [9.17, 15) is 9.59 Å². The quantitative estimate of drug-likeness (QED) is 0.818. The lowest BCUT2D eigenvalue weighted by Crippen LogP contribution is -2.59. The summed E-state index contributed by atoms with van der Waals surface area (Å²) in [6.45, 7) is 10.4. The molecule has 3 saturated carbocycles. The van der Waals surface area contributed by atoms with Crippen LogP contribution in [0.15, 0.2) is 0 Å². The second-order valence-corrected chi connectivity index (χ2v) is 10.7. The number of nitrogens with zero attached hydrogens (tertiary/aromatic N) is 1. The van der Waals surface area contributed by atoms with Crippen molar-refractivity contribution in [2.75, 3.05) is 20.3 Å². The van der Waals surface area contributed by atoms with Gasteiger partial charge in [0, 0.05) is 25.5 Å². The minimum atomic E-state index is -0.261. The normalized spacial score (nSPS) is 39.8. The molecule has 2 aliphatic heterocycles. The first-order valence-corrected chi connectivity index (χ1v) is 10.2. The van der Waals surface area contributed by atoms with Crippen molar-refractivity contribution in [3.05, 3.63) is 0 Å². The van der Waals surface area contributed by atoms with Crippen molar-refractivity contribution in [3.8, 4) is 0 Å². The van der Waals surface area contributed by atoms with Gasteiger partial charge in [-0.05, 0) is 42.9 Å². The van der Waals surface area contributed by atoms with Gasteiger partial charge in [0.2, 0.25) is 11.8 Å². The molecule has 3 atom stereocenters. The molecule has 2 saturated heterocycles. The number of carbonyl (C=O) groups excluding carboxylic acids is 2. The molecular weight excluding hydrogens is 328 g/mol. The van der Waals surface area contributed by atoms with Crippen molar-refractivity contribution >= 4 is 11.8 Å². The first kappa shape index (κ1) is 18.3. The second kappa shape index (κ2) is 5.70. The lowest BCUT2D eigenvalue weighted by Gasteiger charge is -2.53. The molecule has 146 valence electrons. The van der Waals surface area contributed by atoms with Gasteiger partial charge < -0.3 is 15.0 Å². The fourth-order valence-corrected chi connectivity index (χ4v) is 5.33. The van der Waals surface area contributed by atoms with Crippen LogP contribution < -0.4 is 5.32 Å². The van der Waals surface area contributed by atoms with Crippen LogP contribution in [-0.4, -0.2) is 49.1 Å². The zero-order valence-corrected chi connectivity index (χ0v) is 16.9. The summed E-state index contributed by atoms with van der Waals surface area (Å²) in [4.78, 5) is 27.7. The summed E-state index contributed by atoms with van der Waals surface area (Å²) >= 11 is 0. The van der Waals surface area contributed by atoms with Crippen molar-refractivity contribution < 1.29 is 14.3 Å². The van der Waals surface area contributed by atoms with Crippen LogP contribution in [0.25, 0.3) is 0 Å². The molecule has 5 fully saturated rings. The number of hydrogen-bond donors (Lipinski definition) is 1.